The van der Waals surface area contributed by atoms with Crippen molar-refractivity contribution in [1.82, 2.24) is 19.6 Å². The molecule has 12 nitrogen and oxygen atoms in total. The van der Waals surface area contributed by atoms with Crippen molar-refractivity contribution in [2.45, 2.75) is 71.3 Å². The van der Waals surface area contributed by atoms with Crippen molar-refractivity contribution in [3.8, 4) is 0 Å². The van der Waals surface area contributed by atoms with Crippen LogP contribution in [0.3, 0.4) is 0 Å². The molecule has 2 heterocycles. The normalized spacial score (nSPS) is 20.4. The van der Waals surface area contributed by atoms with Gasteiger partial charge in [-0.3, -0.25) is 24.1 Å². The molecular weight excluding hydrogens is 527 g/mol. The minimum atomic E-state index is -5.39. The van der Waals surface area contributed by atoms with E-state index in [1.54, 1.807) is 6.92 Å². The topological polar surface area (TPSA) is 162 Å². The maximum Gasteiger partial charge on any atom is 0.452 e. The van der Waals surface area contributed by atoms with Gasteiger partial charge >= 0.3 is 24.2 Å². The highest BCUT2D eigenvalue weighted by Crippen LogP contribution is 2.31. The highest BCUT2D eigenvalue weighted by atomic mass is 19.4. The summed E-state index contributed by atoms with van der Waals surface area (Å²) in [6.07, 6.45) is -4.34. The van der Waals surface area contributed by atoms with Gasteiger partial charge in [0.1, 0.15) is 12.6 Å². The van der Waals surface area contributed by atoms with E-state index in [0.717, 1.165) is 9.80 Å². The maximum atomic E-state index is 14.0. The SMILES string of the molecule is CC(C)[C@@H](C(=O)C(F)(F)F)N(C(=O)N1CCC[C@H]1C)C(=O)[C@](N)(C(=O)CN1CCN(CC(=O)O)C1=O)C(C)C. The number of hydrogen-bond acceptors (Lipinski definition) is 7. The number of carboxylic acid groups (broad SMARTS) is 1. The Bertz CT molecular complexity index is 1020. The van der Waals surface area contributed by atoms with Gasteiger partial charge in [-0.1, -0.05) is 27.7 Å². The first-order valence-electron chi connectivity index (χ1n) is 12.7. The number of carbonyl (C=O) groups is 6. The Morgan fingerprint density at radius 1 is 1.03 bits per heavy atom. The first-order chi connectivity index (χ1) is 17.8. The van der Waals surface area contributed by atoms with E-state index in [-0.39, 0.29) is 24.5 Å². The molecule has 39 heavy (non-hydrogen) atoms. The van der Waals surface area contributed by atoms with Crippen molar-refractivity contribution in [3.05, 3.63) is 0 Å². The molecule has 220 valence electrons. The Balaban J connectivity index is 2.53. The number of amides is 5. The summed E-state index contributed by atoms with van der Waals surface area (Å²) in [4.78, 5) is 80.6. The molecule has 2 aliphatic heterocycles. The van der Waals surface area contributed by atoms with Gasteiger partial charge in [-0.15, -0.1) is 0 Å². The number of nitrogens with zero attached hydrogens (tertiary/aromatic N) is 4. The highest BCUT2D eigenvalue weighted by Gasteiger charge is 2.56. The predicted octanol–water partition coefficient (Wildman–Crippen LogP) is 1.32. The third-order valence-corrected chi connectivity index (χ3v) is 7.25. The Morgan fingerprint density at radius 3 is 1.97 bits per heavy atom. The number of aliphatic carboxylic acids is 1. The fraction of sp³-hybridized carbons (Fsp3) is 0.750. The van der Waals surface area contributed by atoms with Crippen LogP contribution in [0.25, 0.3) is 0 Å². The molecule has 0 aromatic carbocycles. The predicted molar refractivity (Wildman–Crippen MR) is 130 cm³/mol. The van der Waals surface area contributed by atoms with Gasteiger partial charge in [0.25, 0.3) is 11.7 Å². The molecular formula is C24H36F3N5O7. The Morgan fingerprint density at radius 2 is 1.56 bits per heavy atom. The van der Waals surface area contributed by atoms with E-state index in [1.165, 1.54) is 32.6 Å². The summed E-state index contributed by atoms with van der Waals surface area (Å²) in [6.45, 7) is 5.52. The number of nitrogens with two attached hydrogens (primary N) is 1. The lowest BCUT2D eigenvalue weighted by Crippen LogP contribution is -2.70. The molecule has 15 heteroatoms. The van der Waals surface area contributed by atoms with Gasteiger partial charge in [-0.25, -0.2) is 9.59 Å². The average Bonchev–Trinajstić information content (AvgIpc) is 3.39. The second kappa shape index (κ2) is 11.9. The van der Waals surface area contributed by atoms with Crippen molar-refractivity contribution in [1.29, 1.82) is 0 Å². The summed E-state index contributed by atoms with van der Waals surface area (Å²) in [5.74, 6) is -8.39. The fourth-order valence-corrected chi connectivity index (χ4v) is 4.85. The summed E-state index contributed by atoms with van der Waals surface area (Å²) < 4.78 is 41.0. The zero-order chi connectivity index (χ0) is 30.0. The number of imide groups is 1. The van der Waals surface area contributed by atoms with E-state index in [2.05, 4.69) is 0 Å². The molecule has 3 atom stereocenters. The zero-order valence-electron chi connectivity index (χ0n) is 22.7. The Labute approximate surface area is 224 Å². The second-order valence-corrected chi connectivity index (χ2v) is 10.7. The van der Waals surface area contributed by atoms with Crippen LogP contribution in [0, 0.1) is 11.8 Å². The van der Waals surface area contributed by atoms with Crippen molar-refractivity contribution >= 4 is 35.5 Å². The number of halogens is 3. The first kappa shape index (κ1) is 32.0. The quantitative estimate of drug-likeness (QED) is 0.376. The molecule has 0 unspecified atom stereocenters. The lowest BCUT2D eigenvalue weighted by atomic mass is 9.80. The first-order valence-corrected chi connectivity index (χ1v) is 12.7. The molecule has 2 aliphatic rings. The third kappa shape index (κ3) is 6.50. The van der Waals surface area contributed by atoms with Gasteiger partial charge < -0.3 is 25.5 Å². The van der Waals surface area contributed by atoms with Gasteiger partial charge in [-0.05, 0) is 31.6 Å². The van der Waals surface area contributed by atoms with Crippen molar-refractivity contribution in [3.63, 3.8) is 0 Å². The summed E-state index contributed by atoms with van der Waals surface area (Å²) in [6, 6.07) is -4.68. The minimum absolute atomic E-state index is 0.0153. The molecule has 0 radical (unpaired) electrons. The van der Waals surface area contributed by atoms with Gasteiger partial charge in [0, 0.05) is 25.7 Å². The molecule has 5 amide bonds. The van der Waals surface area contributed by atoms with Gasteiger partial charge in [0.05, 0.1) is 6.54 Å². The van der Waals surface area contributed by atoms with E-state index < -0.39 is 84.2 Å². The number of Topliss-reactive ketones (excluding diaryl/α,β-unsaturated/α-hetero) is 2. The fourth-order valence-electron chi connectivity index (χ4n) is 4.85. The summed E-state index contributed by atoms with van der Waals surface area (Å²) in [7, 11) is 0. The molecule has 0 spiro atoms. The molecule has 0 aromatic rings. The third-order valence-electron chi connectivity index (χ3n) is 7.25. The number of urea groups is 2. The summed E-state index contributed by atoms with van der Waals surface area (Å²) >= 11 is 0. The summed E-state index contributed by atoms with van der Waals surface area (Å²) in [5.41, 5.74) is 3.75. The van der Waals surface area contributed by atoms with Crippen molar-refractivity contribution in [2.75, 3.05) is 32.7 Å². The molecule has 0 aromatic heterocycles. The number of hydrogen-bond donors (Lipinski definition) is 2. The van der Waals surface area contributed by atoms with Gasteiger partial charge in [0.15, 0.2) is 11.3 Å². The molecule has 2 rings (SSSR count). The number of alkyl halides is 3. The summed E-state index contributed by atoms with van der Waals surface area (Å²) in [5, 5.41) is 8.96. The van der Waals surface area contributed by atoms with Crippen molar-refractivity contribution < 1.29 is 47.0 Å². The molecule has 2 fully saturated rings. The van der Waals surface area contributed by atoms with E-state index in [4.69, 9.17) is 10.8 Å². The number of carbonyl (C=O) groups excluding carboxylic acids is 5. The largest absolute Gasteiger partial charge is 0.480 e. The standard InChI is InChI=1S/C24H36F3N5O7/c1-13(2)18(19(36)24(25,26)27)32(22(39)31-8-6-7-15(31)5)20(37)23(28,14(3)4)16(33)11-29-9-10-30(21(29)38)12-17(34)35/h13-15,18H,6-12,28H2,1-5H3,(H,34,35)/t15-,18+,23-/m1/s1. The van der Waals surface area contributed by atoms with Crippen LogP contribution in [0.2, 0.25) is 0 Å². The number of ketones is 2. The molecule has 3 N–H and O–H groups in total. The number of likely N-dealkylation sites (tertiary alicyclic amines) is 1. The van der Waals surface area contributed by atoms with E-state index >= 15 is 0 Å². The highest BCUT2D eigenvalue weighted by molar-refractivity contribution is 6.17. The molecule has 0 bridgehead atoms. The average molecular weight is 564 g/mol. The van der Waals surface area contributed by atoms with Crippen LogP contribution >= 0.6 is 0 Å². The molecule has 2 saturated heterocycles. The van der Waals surface area contributed by atoms with Crippen LogP contribution in [0.15, 0.2) is 0 Å². The number of carboxylic acids is 1. The second-order valence-electron chi connectivity index (χ2n) is 10.7. The smallest absolute Gasteiger partial charge is 0.452 e. The van der Waals surface area contributed by atoms with Crippen LogP contribution in [-0.4, -0.2) is 117 Å². The van der Waals surface area contributed by atoms with E-state index in [0.29, 0.717) is 12.8 Å². The monoisotopic (exact) mass is 563 g/mol. The van der Waals surface area contributed by atoms with E-state index in [1.807, 2.05) is 0 Å². The van der Waals surface area contributed by atoms with Crippen molar-refractivity contribution in [2.24, 2.45) is 17.6 Å². The number of rotatable bonds is 10. The van der Waals surface area contributed by atoms with Crippen LogP contribution in [0.1, 0.15) is 47.5 Å². The Kier molecular flexibility index (Phi) is 9.74. The maximum absolute atomic E-state index is 14.0. The molecule has 0 saturated carbocycles. The van der Waals surface area contributed by atoms with Gasteiger partial charge in [0.2, 0.25) is 0 Å². The van der Waals surface area contributed by atoms with E-state index in [9.17, 15) is 41.9 Å². The van der Waals surface area contributed by atoms with Crippen LogP contribution in [-0.2, 0) is 19.2 Å². The lowest BCUT2D eigenvalue weighted by molar-refractivity contribution is -0.179. The van der Waals surface area contributed by atoms with Gasteiger partial charge in [-0.2, -0.15) is 13.2 Å². The van der Waals surface area contributed by atoms with Crippen LogP contribution in [0.4, 0.5) is 22.8 Å². The molecule has 0 aliphatic carbocycles. The Hall–Kier alpha value is -3.23. The zero-order valence-corrected chi connectivity index (χ0v) is 22.7. The van der Waals surface area contributed by atoms with Crippen LogP contribution < -0.4 is 5.73 Å². The van der Waals surface area contributed by atoms with Crippen LogP contribution in [0.5, 0.6) is 0 Å². The minimum Gasteiger partial charge on any atom is -0.480 e. The lowest BCUT2D eigenvalue weighted by Gasteiger charge is -2.41.